The smallest absolute Gasteiger partial charge is 0.303 e. The molecule has 0 fully saturated rings. The Bertz CT molecular complexity index is 115. The third-order valence-corrected chi connectivity index (χ3v) is 1.26. The van der Waals surface area contributed by atoms with E-state index in [1.165, 1.54) is 0 Å². The molecule has 12 heavy (non-hydrogen) atoms. The number of aliphatic hydroxyl groups is 1. The normalized spacial score (nSPS) is 11.8. The van der Waals surface area contributed by atoms with E-state index in [4.69, 9.17) is 10.2 Å². The second-order valence-corrected chi connectivity index (χ2v) is 2.60. The monoisotopic (exact) mass is 177 g/mol. The van der Waals surface area contributed by atoms with Crippen LogP contribution >= 0.6 is 0 Å². The summed E-state index contributed by atoms with van der Waals surface area (Å²) in [6, 6.07) is 0. The van der Waals surface area contributed by atoms with Crippen molar-refractivity contribution in [2.45, 2.75) is 32.9 Å². The van der Waals surface area contributed by atoms with Crippen LogP contribution in [0.15, 0.2) is 0 Å². The highest BCUT2D eigenvalue weighted by molar-refractivity contribution is 5.66. The van der Waals surface area contributed by atoms with E-state index in [-0.39, 0.29) is 12.6 Å². The molecule has 0 saturated carbocycles. The van der Waals surface area contributed by atoms with Crippen molar-refractivity contribution in [1.82, 2.24) is 4.90 Å². The second kappa shape index (κ2) is 8.49. The standard InChI is InChI=1S/C5H13NO.C3H6O2/c1-4-5(7)6(2)3;1-2-3(4)5/h5,7H,4H2,1-3H3;2H2,1H3,(H,4,5). The molecule has 0 aromatic carbocycles. The van der Waals surface area contributed by atoms with Gasteiger partial charge >= 0.3 is 5.97 Å². The predicted molar refractivity (Wildman–Crippen MR) is 47.9 cm³/mol. The Morgan fingerprint density at radius 1 is 1.42 bits per heavy atom. The Balaban J connectivity index is 0. The highest BCUT2D eigenvalue weighted by Crippen LogP contribution is 1.90. The van der Waals surface area contributed by atoms with Gasteiger partial charge in [-0.2, -0.15) is 0 Å². The fraction of sp³-hybridized carbons (Fsp3) is 0.875. The lowest BCUT2D eigenvalue weighted by Crippen LogP contribution is -2.26. The third kappa shape index (κ3) is 12.1. The Labute approximate surface area is 73.8 Å². The summed E-state index contributed by atoms with van der Waals surface area (Å²) in [5, 5.41) is 16.6. The quantitative estimate of drug-likeness (QED) is 0.625. The molecule has 0 bridgehead atoms. The minimum absolute atomic E-state index is 0.222. The zero-order valence-electron chi connectivity index (χ0n) is 8.24. The van der Waals surface area contributed by atoms with E-state index in [9.17, 15) is 4.79 Å². The van der Waals surface area contributed by atoms with E-state index >= 15 is 0 Å². The zero-order valence-corrected chi connectivity index (χ0v) is 8.24. The lowest BCUT2D eigenvalue weighted by molar-refractivity contribution is -0.136. The zero-order chi connectivity index (χ0) is 10.1. The van der Waals surface area contributed by atoms with E-state index < -0.39 is 5.97 Å². The topological polar surface area (TPSA) is 60.8 Å². The minimum atomic E-state index is -0.745. The third-order valence-electron chi connectivity index (χ3n) is 1.26. The van der Waals surface area contributed by atoms with Gasteiger partial charge in [0.25, 0.3) is 0 Å². The Hall–Kier alpha value is -0.610. The van der Waals surface area contributed by atoms with Crippen molar-refractivity contribution in [2.24, 2.45) is 0 Å². The average Bonchev–Trinajstić information content (AvgIpc) is 2.04. The molecule has 0 rings (SSSR count). The maximum absolute atomic E-state index is 9.37. The van der Waals surface area contributed by atoms with Gasteiger partial charge in [0, 0.05) is 6.42 Å². The van der Waals surface area contributed by atoms with Crippen molar-refractivity contribution >= 4 is 5.97 Å². The lowest BCUT2D eigenvalue weighted by Gasteiger charge is -2.15. The molecule has 1 atom stereocenters. The van der Waals surface area contributed by atoms with Gasteiger partial charge in [0.05, 0.1) is 0 Å². The van der Waals surface area contributed by atoms with Crippen molar-refractivity contribution in [2.75, 3.05) is 14.1 Å². The number of aliphatic carboxylic acids is 1. The van der Waals surface area contributed by atoms with Crippen LogP contribution < -0.4 is 0 Å². The summed E-state index contributed by atoms with van der Waals surface area (Å²) in [7, 11) is 3.71. The van der Waals surface area contributed by atoms with Crippen LogP contribution in [0.1, 0.15) is 26.7 Å². The van der Waals surface area contributed by atoms with Crippen molar-refractivity contribution in [3.05, 3.63) is 0 Å². The van der Waals surface area contributed by atoms with Gasteiger partial charge in [-0.05, 0) is 20.5 Å². The van der Waals surface area contributed by atoms with Gasteiger partial charge in [-0.15, -0.1) is 0 Å². The molecular formula is C8H19NO3. The average molecular weight is 177 g/mol. The molecule has 4 nitrogen and oxygen atoms in total. The van der Waals surface area contributed by atoms with E-state index in [0.29, 0.717) is 0 Å². The van der Waals surface area contributed by atoms with Crippen LogP contribution in [0, 0.1) is 0 Å². The van der Waals surface area contributed by atoms with Gasteiger partial charge in [-0.1, -0.05) is 13.8 Å². The molecule has 2 N–H and O–H groups in total. The number of carbonyl (C=O) groups is 1. The molecule has 0 saturated heterocycles. The van der Waals surface area contributed by atoms with Crippen molar-refractivity contribution in [3.63, 3.8) is 0 Å². The summed E-state index contributed by atoms with van der Waals surface area (Å²) in [5.74, 6) is -0.745. The van der Waals surface area contributed by atoms with Crippen LogP contribution in [0.5, 0.6) is 0 Å². The molecule has 1 unspecified atom stereocenters. The predicted octanol–water partition coefficient (Wildman–Crippen LogP) is 0.757. The summed E-state index contributed by atoms with van der Waals surface area (Å²) in [6.07, 6.45) is 0.757. The van der Waals surface area contributed by atoms with Crippen molar-refractivity contribution < 1.29 is 15.0 Å². The number of carboxylic acid groups (broad SMARTS) is 1. The van der Waals surface area contributed by atoms with Crippen LogP contribution in [0.3, 0.4) is 0 Å². The van der Waals surface area contributed by atoms with Crippen LogP contribution in [0.4, 0.5) is 0 Å². The van der Waals surface area contributed by atoms with Gasteiger partial charge in [0.15, 0.2) is 0 Å². The first-order valence-corrected chi connectivity index (χ1v) is 4.01. The molecule has 0 spiro atoms. The van der Waals surface area contributed by atoms with Gasteiger partial charge in [-0.25, -0.2) is 0 Å². The first-order chi connectivity index (χ1) is 5.45. The number of hydrogen-bond donors (Lipinski definition) is 2. The number of aliphatic hydroxyl groups excluding tert-OH is 1. The molecule has 0 amide bonds. The highest BCUT2D eigenvalue weighted by Gasteiger charge is 1.99. The number of rotatable bonds is 3. The van der Waals surface area contributed by atoms with Crippen LogP contribution in [-0.4, -0.2) is 41.4 Å². The summed E-state index contributed by atoms with van der Waals surface area (Å²) >= 11 is 0. The number of hydrogen-bond acceptors (Lipinski definition) is 3. The fourth-order valence-electron chi connectivity index (χ4n) is 0.365. The molecule has 0 radical (unpaired) electrons. The molecule has 4 heteroatoms. The SMILES string of the molecule is CCC(=O)O.CCC(O)N(C)C. The second-order valence-electron chi connectivity index (χ2n) is 2.60. The molecule has 0 aliphatic carbocycles. The van der Waals surface area contributed by atoms with Crippen LogP contribution in [0.2, 0.25) is 0 Å². The van der Waals surface area contributed by atoms with Gasteiger partial charge < -0.3 is 10.2 Å². The van der Waals surface area contributed by atoms with Crippen molar-refractivity contribution in [3.8, 4) is 0 Å². The number of carboxylic acids is 1. The van der Waals surface area contributed by atoms with Crippen LogP contribution in [-0.2, 0) is 4.79 Å². The van der Waals surface area contributed by atoms with Crippen LogP contribution in [0.25, 0.3) is 0 Å². The molecular weight excluding hydrogens is 158 g/mol. The molecule has 0 aromatic heterocycles. The Kier molecular flexibility index (Phi) is 9.86. The molecule has 0 heterocycles. The molecule has 74 valence electrons. The first-order valence-electron chi connectivity index (χ1n) is 4.01. The highest BCUT2D eigenvalue weighted by atomic mass is 16.4. The number of nitrogens with zero attached hydrogens (tertiary/aromatic N) is 1. The Morgan fingerprint density at radius 3 is 1.75 bits per heavy atom. The molecule has 0 aliphatic heterocycles. The molecule has 0 aromatic rings. The van der Waals surface area contributed by atoms with Gasteiger partial charge in [0.1, 0.15) is 6.23 Å². The largest absolute Gasteiger partial charge is 0.481 e. The van der Waals surface area contributed by atoms with Gasteiger partial charge in [-0.3, -0.25) is 9.69 Å². The first kappa shape index (κ1) is 13.9. The summed E-state index contributed by atoms with van der Waals surface area (Å²) in [5.41, 5.74) is 0. The maximum atomic E-state index is 9.37. The van der Waals surface area contributed by atoms with E-state index in [2.05, 4.69) is 0 Å². The van der Waals surface area contributed by atoms with Crippen molar-refractivity contribution in [1.29, 1.82) is 0 Å². The fourth-order valence-corrected chi connectivity index (χ4v) is 0.365. The van der Waals surface area contributed by atoms with E-state index in [1.807, 2.05) is 21.0 Å². The van der Waals surface area contributed by atoms with E-state index in [0.717, 1.165) is 6.42 Å². The van der Waals surface area contributed by atoms with E-state index in [1.54, 1.807) is 11.8 Å². The summed E-state index contributed by atoms with van der Waals surface area (Å²) in [6.45, 7) is 3.55. The lowest BCUT2D eigenvalue weighted by atomic mass is 10.4. The minimum Gasteiger partial charge on any atom is -0.481 e. The Morgan fingerprint density at radius 2 is 1.75 bits per heavy atom. The molecule has 0 aliphatic rings. The summed E-state index contributed by atoms with van der Waals surface area (Å²) < 4.78 is 0. The summed E-state index contributed by atoms with van der Waals surface area (Å²) in [4.78, 5) is 11.1. The maximum Gasteiger partial charge on any atom is 0.303 e. The van der Waals surface area contributed by atoms with Gasteiger partial charge in [0.2, 0.25) is 0 Å².